The molecular formula is C14H21NO. The second kappa shape index (κ2) is 4.88. The number of rotatable bonds is 5. The molecule has 3 atom stereocenters. The van der Waals surface area contributed by atoms with Gasteiger partial charge in [0, 0.05) is 11.6 Å². The van der Waals surface area contributed by atoms with Gasteiger partial charge >= 0.3 is 0 Å². The summed E-state index contributed by atoms with van der Waals surface area (Å²) in [7, 11) is 0. The topological polar surface area (TPSA) is 35.2 Å². The first-order valence-electron chi connectivity index (χ1n) is 6.21. The molecule has 0 radical (unpaired) electrons. The highest BCUT2D eigenvalue weighted by atomic mass is 16.5. The molecule has 3 unspecified atom stereocenters. The van der Waals surface area contributed by atoms with Gasteiger partial charge in [0.15, 0.2) is 0 Å². The van der Waals surface area contributed by atoms with E-state index >= 15 is 0 Å². The summed E-state index contributed by atoms with van der Waals surface area (Å²) < 4.78 is 5.74. The molecule has 0 aromatic heterocycles. The average Bonchev–Trinajstić information content (AvgIpc) is 3.03. The molecule has 1 aliphatic carbocycles. The van der Waals surface area contributed by atoms with Crippen molar-refractivity contribution in [3.05, 3.63) is 29.8 Å². The van der Waals surface area contributed by atoms with E-state index in [2.05, 4.69) is 19.9 Å². The second-order valence-electron chi connectivity index (χ2n) is 4.79. The molecule has 0 saturated heterocycles. The Morgan fingerprint density at radius 2 is 2.12 bits per heavy atom. The molecule has 0 spiro atoms. The van der Waals surface area contributed by atoms with E-state index in [1.54, 1.807) is 0 Å². The monoisotopic (exact) mass is 219 g/mol. The zero-order chi connectivity index (χ0) is 11.5. The van der Waals surface area contributed by atoms with Crippen LogP contribution in [0.5, 0.6) is 5.75 Å². The molecule has 2 N–H and O–H groups in total. The first kappa shape index (κ1) is 11.5. The molecule has 88 valence electrons. The fraction of sp³-hybridized carbons (Fsp3) is 0.571. The van der Waals surface area contributed by atoms with E-state index in [1.165, 1.54) is 12.0 Å². The van der Waals surface area contributed by atoms with Crippen LogP contribution in [0.2, 0.25) is 0 Å². The van der Waals surface area contributed by atoms with Crippen LogP contribution in [0.15, 0.2) is 24.3 Å². The van der Waals surface area contributed by atoms with Crippen molar-refractivity contribution in [2.45, 2.75) is 32.7 Å². The Morgan fingerprint density at radius 1 is 1.44 bits per heavy atom. The lowest BCUT2D eigenvalue weighted by Gasteiger charge is -2.16. The third-order valence-corrected chi connectivity index (χ3v) is 3.37. The first-order valence-corrected chi connectivity index (χ1v) is 6.21. The van der Waals surface area contributed by atoms with Crippen molar-refractivity contribution in [3.63, 3.8) is 0 Å². The lowest BCUT2D eigenvalue weighted by atomic mass is 10.0. The molecule has 16 heavy (non-hydrogen) atoms. The number of nitrogens with two attached hydrogens (primary N) is 1. The number of ether oxygens (including phenoxy) is 1. The van der Waals surface area contributed by atoms with Gasteiger partial charge in [-0.25, -0.2) is 0 Å². The van der Waals surface area contributed by atoms with Crippen LogP contribution >= 0.6 is 0 Å². The standard InChI is InChI=1S/C14H21NO/c1-3-8-16-13-7-5-4-6-11(13)14(15)12-9-10(12)2/h4-7,10,12,14H,3,8-9,15H2,1-2H3. The summed E-state index contributed by atoms with van der Waals surface area (Å²) >= 11 is 0. The van der Waals surface area contributed by atoms with Crippen molar-refractivity contribution < 1.29 is 4.74 Å². The number of para-hydroxylation sites is 1. The van der Waals surface area contributed by atoms with E-state index in [0.717, 1.165) is 24.7 Å². The first-order chi connectivity index (χ1) is 7.74. The number of benzene rings is 1. The summed E-state index contributed by atoms with van der Waals surface area (Å²) in [4.78, 5) is 0. The van der Waals surface area contributed by atoms with Gasteiger partial charge in [-0.1, -0.05) is 32.0 Å². The van der Waals surface area contributed by atoms with Crippen LogP contribution in [-0.4, -0.2) is 6.61 Å². The highest BCUT2D eigenvalue weighted by Crippen LogP contribution is 2.47. The quantitative estimate of drug-likeness (QED) is 0.825. The lowest BCUT2D eigenvalue weighted by molar-refractivity contribution is 0.311. The minimum absolute atomic E-state index is 0.142. The minimum Gasteiger partial charge on any atom is -0.493 e. The molecule has 1 saturated carbocycles. The summed E-state index contributed by atoms with van der Waals surface area (Å²) in [5, 5.41) is 0. The van der Waals surface area contributed by atoms with Gasteiger partial charge in [-0.05, 0) is 30.7 Å². The third-order valence-electron chi connectivity index (χ3n) is 3.37. The Hall–Kier alpha value is -1.02. The van der Waals surface area contributed by atoms with Crippen LogP contribution in [0.25, 0.3) is 0 Å². The largest absolute Gasteiger partial charge is 0.493 e. The maximum atomic E-state index is 6.28. The minimum atomic E-state index is 0.142. The van der Waals surface area contributed by atoms with Gasteiger partial charge in [-0.2, -0.15) is 0 Å². The SMILES string of the molecule is CCCOc1ccccc1C(N)C1CC1C. The van der Waals surface area contributed by atoms with E-state index in [0.29, 0.717) is 5.92 Å². The molecule has 2 heteroatoms. The number of hydrogen-bond acceptors (Lipinski definition) is 2. The lowest BCUT2D eigenvalue weighted by Crippen LogP contribution is -2.15. The molecule has 0 aliphatic heterocycles. The smallest absolute Gasteiger partial charge is 0.124 e. The number of hydrogen-bond donors (Lipinski definition) is 1. The summed E-state index contributed by atoms with van der Waals surface area (Å²) in [6, 6.07) is 8.32. The molecular weight excluding hydrogens is 198 g/mol. The fourth-order valence-corrected chi connectivity index (χ4v) is 2.18. The normalized spacial score (nSPS) is 25.2. The van der Waals surface area contributed by atoms with Crippen molar-refractivity contribution >= 4 is 0 Å². The Labute approximate surface area is 97.8 Å². The zero-order valence-electron chi connectivity index (χ0n) is 10.1. The second-order valence-corrected chi connectivity index (χ2v) is 4.79. The Morgan fingerprint density at radius 3 is 2.75 bits per heavy atom. The summed E-state index contributed by atoms with van der Waals surface area (Å²) in [6.07, 6.45) is 2.28. The highest BCUT2D eigenvalue weighted by molar-refractivity contribution is 5.36. The predicted octanol–water partition coefficient (Wildman–Crippen LogP) is 3.13. The van der Waals surface area contributed by atoms with E-state index < -0.39 is 0 Å². The van der Waals surface area contributed by atoms with Crippen molar-refractivity contribution in [3.8, 4) is 5.75 Å². The maximum Gasteiger partial charge on any atom is 0.124 e. The Balaban J connectivity index is 2.12. The van der Waals surface area contributed by atoms with E-state index in [4.69, 9.17) is 10.5 Å². The van der Waals surface area contributed by atoms with Crippen LogP contribution < -0.4 is 10.5 Å². The summed E-state index contributed by atoms with van der Waals surface area (Å²) in [5.41, 5.74) is 7.45. The molecule has 0 heterocycles. The van der Waals surface area contributed by atoms with E-state index in [1.807, 2.05) is 18.2 Å². The summed E-state index contributed by atoms with van der Waals surface area (Å²) in [6.45, 7) is 5.15. The van der Waals surface area contributed by atoms with Crippen molar-refractivity contribution in [2.24, 2.45) is 17.6 Å². The Bertz CT molecular complexity index is 350. The van der Waals surface area contributed by atoms with E-state index in [9.17, 15) is 0 Å². The molecule has 1 fully saturated rings. The molecule has 0 bridgehead atoms. The summed E-state index contributed by atoms with van der Waals surface area (Å²) in [5.74, 6) is 2.39. The third kappa shape index (κ3) is 2.38. The van der Waals surface area contributed by atoms with Gasteiger partial charge < -0.3 is 10.5 Å². The van der Waals surface area contributed by atoms with Crippen LogP contribution in [-0.2, 0) is 0 Å². The fourth-order valence-electron chi connectivity index (χ4n) is 2.18. The van der Waals surface area contributed by atoms with E-state index in [-0.39, 0.29) is 6.04 Å². The molecule has 2 rings (SSSR count). The van der Waals surface area contributed by atoms with Gasteiger partial charge in [0.1, 0.15) is 5.75 Å². The Kier molecular flexibility index (Phi) is 3.49. The predicted molar refractivity (Wildman–Crippen MR) is 66.4 cm³/mol. The van der Waals surface area contributed by atoms with Crippen LogP contribution in [0.1, 0.15) is 38.3 Å². The van der Waals surface area contributed by atoms with Crippen LogP contribution in [0, 0.1) is 11.8 Å². The van der Waals surface area contributed by atoms with Crippen LogP contribution in [0.4, 0.5) is 0 Å². The molecule has 0 amide bonds. The average molecular weight is 219 g/mol. The van der Waals surface area contributed by atoms with Gasteiger partial charge in [0.2, 0.25) is 0 Å². The van der Waals surface area contributed by atoms with Crippen LogP contribution in [0.3, 0.4) is 0 Å². The zero-order valence-corrected chi connectivity index (χ0v) is 10.1. The van der Waals surface area contributed by atoms with Gasteiger partial charge in [0.05, 0.1) is 6.61 Å². The molecule has 2 nitrogen and oxygen atoms in total. The van der Waals surface area contributed by atoms with Gasteiger partial charge in [-0.3, -0.25) is 0 Å². The van der Waals surface area contributed by atoms with Crippen molar-refractivity contribution in [2.75, 3.05) is 6.61 Å². The van der Waals surface area contributed by atoms with Crippen molar-refractivity contribution in [1.82, 2.24) is 0 Å². The van der Waals surface area contributed by atoms with Gasteiger partial charge in [-0.15, -0.1) is 0 Å². The van der Waals surface area contributed by atoms with Gasteiger partial charge in [0.25, 0.3) is 0 Å². The molecule has 1 aromatic carbocycles. The highest BCUT2D eigenvalue weighted by Gasteiger charge is 2.39. The molecule has 1 aliphatic rings. The maximum absolute atomic E-state index is 6.28. The molecule has 1 aromatic rings. The van der Waals surface area contributed by atoms with Crippen molar-refractivity contribution in [1.29, 1.82) is 0 Å².